The zero-order valence-corrected chi connectivity index (χ0v) is 15.4. The van der Waals surface area contributed by atoms with Crippen LogP contribution in [0.3, 0.4) is 0 Å². The number of nitro benzene ring substituents is 1. The molecule has 2 aromatic rings. The van der Waals surface area contributed by atoms with E-state index in [1.807, 2.05) is 19.0 Å². The fourth-order valence-electron chi connectivity index (χ4n) is 2.19. The molecule has 0 spiro atoms. The first kappa shape index (κ1) is 20.2. The van der Waals surface area contributed by atoms with Crippen molar-refractivity contribution in [1.29, 1.82) is 0 Å². The summed E-state index contributed by atoms with van der Waals surface area (Å²) in [5.74, 6) is -0.797. The molecule has 1 heterocycles. The lowest BCUT2D eigenvalue weighted by atomic mass is 10.2. The molecule has 0 N–H and O–H groups in total. The fourth-order valence-corrected chi connectivity index (χ4v) is 2.19. The highest BCUT2D eigenvalue weighted by Gasteiger charge is 2.14. The molecule has 9 heteroatoms. The fraction of sp³-hybridized carbons (Fsp3) is 0.333. The number of nitro groups is 1. The minimum atomic E-state index is -0.845. The number of rotatable bonds is 8. The molecule has 1 aromatic heterocycles. The smallest absolute Gasteiger partial charge is 0.272 e. The first-order valence-electron chi connectivity index (χ1n) is 8.21. The number of pyridine rings is 1. The van der Waals surface area contributed by atoms with Gasteiger partial charge in [0.15, 0.2) is 11.6 Å². The van der Waals surface area contributed by atoms with E-state index in [4.69, 9.17) is 4.74 Å². The third-order valence-electron chi connectivity index (χ3n) is 3.78. The summed E-state index contributed by atoms with van der Waals surface area (Å²) in [6, 6.07) is 6.20. The lowest BCUT2D eigenvalue weighted by Gasteiger charge is -2.19. The second kappa shape index (κ2) is 9.04. The summed E-state index contributed by atoms with van der Waals surface area (Å²) in [6.07, 6.45) is 1.55. The zero-order chi connectivity index (χ0) is 20.0. The Morgan fingerprint density at radius 1 is 1.22 bits per heavy atom. The van der Waals surface area contributed by atoms with Crippen LogP contribution in [0.2, 0.25) is 0 Å². The second-order valence-corrected chi connectivity index (χ2v) is 6.25. The van der Waals surface area contributed by atoms with Crippen LogP contribution in [0.25, 0.3) is 0 Å². The number of aromatic nitrogens is 1. The van der Waals surface area contributed by atoms with Crippen molar-refractivity contribution >= 4 is 11.6 Å². The van der Waals surface area contributed by atoms with Crippen molar-refractivity contribution < 1.29 is 18.8 Å². The van der Waals surface area contributed by atoms with Gasteiger partial charge in [0.2, 0.25) is 5.91 Å². The summed E-state index contributed by atoms with van der Waals surface area (Å²) in [4.78, 5) is 30.0. The number of carbonyl (C=O) groups is 1. The molecular formula is C18H21FN4O4. The Kier molecular flexibility index (Phi) is 6.78. The Morgan fingerprint density at radius 3 is 2.59 bits per heavy atom. The number of carbonyl (C=O) groups excluding carboxylic acids is 1. The molecule has 0 radical (unpaired) electrons. The molecule has 0 saturated carbocycles. The van der Waals surface area contributed by atoms with Crippen molar-refractivity contribution in [1.82, 2.24) is 14.8 Å². The zero-order valence-electron chi connectivity index (χ0n) is 15.4. The van der Waals surface area contributed by atoms with Crippen LogP contribution < -0.4 is 4.74 Å². The van der Waals surface area contributed by atoms with E-state index >= 15 is 0 Å². The number of amides is 1. The average Bonchev–Trinajstić information content (AvgIpc) is 2.61. The van der Waals surface area contributed by atoms with Gasteiger partial charge in [0, 0.05) is 38.5 Å². The van der Waals surface area contributed by atoms with Crippen molar-refractivity contribution in [3.63, 3.8) is 0 Å². The standard InChI is InChI=1S/C18H21FN4O4/c1-21(2)8-9-22(3)18(24)11-13-10-15(6-7-20-13)27-17-5-4-14(23(25)26)12-16(17)19/h4-7,10,12H,8-9,11H2,1-3H3. The van der Waals surface area contributed by atoms with E-state index in [0.717, 1.165) is 18.7 Å². The van der Waals surface area contributed by atoms with Gasteiger partial charge in [-0.2, -0.15) is 0 Å². The Labute approximate surface area is 156 Å². The van der Waals surface area contributed by atoms with Crippen molar-refractivity contribution in [3.05, 3.63) is 58.2 Å². The van der Waals surface area contributed by atoms with Crippen LogP contribution in [0.4, 0.5) is 10.1 Å². The summed E-state index contributed by atoms with van der Waals surface area (Å²) < 4.78 is 19.4. The van der Waals surface area contributed by atoms with E-state index in [1.165, 1.54) is 18.3 Å². The van der Waals surface area contributed by atoms with Crippen LogP contribution in [-0.4, -0.2) is 59.8 Å². The molecule has 1 amide bonds. The van der Waals surface area contributed by atoms with Gasteiger partial charge in [0.05, 0.1) is 23.1 Å². The van der Waals surface area contributed by atoms with E-state index in [9.17, 15) is 19.3 Å². The number of benzene rings is 1. The van der Waals surface area contributed by atoms with Crippen molar-refractivity contribution in [3.8, 4) is 11.5 Å². The normalized spacial score (nSPS) is 10.7. The van der Waals surface area contributed by atoms with E-state index in [-0.39, 0.29) is 29.5 Å². The topological polar surface area (TPSA) is 88.8 Å². The van der Waals surface area contributed by atoms with Crippen LogP contribution in [0.1, 0.15) is 5.69 Å². The number of halogens is 1. The molecule has 8 nitrogen and oxygen atoms in total. The van der Waals surface area contributed by atoms with E-state index < -0.39 is 10.7 Å². The van der Waals surface area contributed by atoms with Crippen LogP contribution in [-0.2, 0) is 11.2 Å². The SMILES string of the molecule is CN(C)CCN(C)C(=O)Cc1cc(Oc2ccc([N+](=O)[O-])cc2F)ccn1. The molecule has 2 rings (SSSR count). The van der Waals surface area contributed by atoms with Gasteiger partial charge in [-0.15, -0.1) is 0 Å². The van der Waals surface area contributed by atoms with Gasteiger partial charge in [-0.25, -0.2) is 4.39 Å². The van der Waals surface area contributed by atoms with E-state index in [0.29, 0.717) is 12.2 Å². The maximum Gasteiger partial charge on any atom is 0.272 e. The van der Waals surface area contributed by atoms with Crippen molar-refractivity contribution in [2.24, 2.45) is 0 Å². The van der Waals surface area contributed by atoms with Gasteiger partial charge in [-0.1, -0.05) is 0 Å². The monoisotopic (exact) mass is 376 g/mol. The Balaban J connectivity index is 2.05. The van der Waals surface area contributed by atoms with Gasteiger partial charge < -0.3 is 14.5 Å². The number of nitrogens with zero attached hydrogens (tertiary/aromatic N) is 4. The first-order chi connectivity index (χ1) is 12.8. The van der Waals surface area contributed by atoms with Crippen molar-refractivity contribution in [2.45, 2.75) is 6.42 Å². The molecule has 0 bridgehead atoms. The molecule has 0 aliphatic heterocycles. The third-order valence-corrected chi connectivity index (χ3v) is 3.78. The number of likely N-dealkylation sites (N-methyl/N-ethyl adjacent to an activating group) is 2. The first-order valence-corrected chi connectivity index (χ1v) is 8.21. The molecule has 0 aliphatic carbocycles. The molecule has 27 heavy (non-hydrogen) atoms. The van der Waals surface area contributed by atoms with Crippen LogP contribution in [0, 0.1) is 15.9 Å². The predicted molar refractivity (Wildman–Crippen MR) is 97.3 cm³/mol. The highest BCUT2D eigenvalue weighted by atomic mass is 19.1. The lowest BCUT2D eigenvalue weighted by molar-refractivity contribution is -0.385. The third kappa shape index (κ3) is 6.00. The Hall–Kier alpha value is -3.07. The van der Waals surface area contributed by atoms with Crippen molar-refractivity contribution in [2.75, 3.05) is 34.2 Å². The average molecular weight is 376 g/mol. The maximum absolute atomic E-state index is 14.0. The molecule has 144 valence electrons. The van der Waals surface area contributed by atoms with Crippen LogP contribution in [0.15, 0.2) is 36.5 Å². The highest BCUT2D eigenvalue weighted by molar-refractivity contribution is 5.78. The van der Waals surface area contributed by atoms with Crippen LogP contribution >= 0.6 is 0 Å². The molecule has 0 saturated heterocycles. The maximum atomic E-state index is 14.0. The molecule has 0 fully saturated rings. The summed E-state index contributed by atoms with van der Waals surface area (Å²) in [5.41, 5.74) is 0.123. The van der Waals surface area contributed by atoms with Gasteiger partial charge in [0.25, 0.3) is 5.69 Å². The predicted octanol–water partition coefficient (Wildman–Crippen LogP) is 2.48. The second-order valence-electron chi connectivity index (χ2n) is 6.25. The van der Waals surface area contributed by atoms with Gasteiger partial charge in [-0.3, -0.25) is 19.9 Å². The Bertz CT molecular complexity index is 829. The number of ether oxygens (including phenoxy) is 1. The number of hydrogen-bond donors (Lipinski definition) is 0. The molecule has 0 unspecified atom stereocenters. The number of non-ortho nitro benzene ring substituents is 1. The summed E-state index contributed by atoms with van der Waals surface area (Å²) in [6.45, 7) is 1.34. The number of hydrogen-bond acceptors (Lipinski definition) is 6. The van der Waals surface area contributed by atoms with Gasteiger partial charge >= 0.3 is 0 Å². The highest BCUT2D eigenvalue weighted by Crippen LogP contribution is 2.27. The summed E-state index contributed by atoms with van der Waals surface area (Å²) >= 11 is 0. The van der Waals surface area contributed by atoms with Gasteiger partial charge in [0.1, 0.15) is 5.75 Å². The molecule has 0 atom stereocenters. The minimum Gasteiger partial charge on any atom is -0.454 e. The summed E-state index contributed by atoms with van der Waals surface area (Å²) in [5, 5.41) is 10.7. The molecular weight excluding hydrogens is 355 g/mol. The Morgan fingerprint density at radius 2 is 1.96 bits per heavy atom. The van der Waals surface area contributed by atoms with Crippen LogP contribution in [0.5, 0.6) is 11.5 Å². The quantitative estimate of drug-likeness (QED) is 0.519. The van der Waals surface area contributed by atoms with E-state index in [1.54, 1.807) is 18.0 Å². The van der Waals surface area contributed by atoms with Gasteiger partial charge in [-0.05, 0) is 26.2 Å². The largest absolute Gasteiger partial charge is 0.454 e. The minimum absolute atomic E-state index is 0.0872. The summed E-state index contributed by atoms with van der Waals surface area (Å²) in [7, 11) is 5.58. The molecule has 0 aliphatic rings. The molecule has 1 aromatic carbocycles. The van der Waals surface area contributed by atoms with E-state index in [2.05, 4.69) is 4.98 Å². The lowest BCUT2D eigenvalue weighted by Crippen LogP contribution is -2.34.